The topological polar surface area (TPSA) is 237 Å². The summed E-state index contributed by atoms with van der Waals surface area (Å²) in [7, 11) is -9.91. The van der Waals surface area contributed by atoms with Crippen LogP contribution in [0.1, 0.15) is 401 Å². The fourth-order valence-electron chi connectivity index (χ4n) is 11.8. The van der Waals surface area contributed by atoms with Crippen LogP contribution < -0.4 is 0 Å². The Balaban J connectivity index is 5.22. The van der Waals surface area contributed by atoms with Gasteiger partial charge in [-0.15, -0.1) is 0 Å². The van der Waals surface area contributed by atoms with Crippen molar-refractivity contribution >= 4 is 39.5 Å². The minimum Gasteiger partial charge on any atom is -0.462 e. The molecule has 0 rings (SSSR count). The van der Waals surface area contributed by atoms with E-state index in [1.54, 1.807) is 0 Å². The average Bonchev–Trinajstić information content (AvgIpc) is 1.12. The van der Waals surface area contributed by atoms with E-state index in [4.69, 9.17) is 37.0 Å². The summed E-state index contributed by atoms with van der Waals surface area (Å²) in [5, 5.41) is 10.6. The predicted molar refractivity (Wildman–Crippen MR) is 391 cm³/mol. The summed E-state index contributed by atoms with van der Waals surface area (Å²) in [6, 6.07) is 0. The molecule has 0 heterocycles. The van der Waals surface area contributed by atoms with E-state index in [0.29, 0.717) is 25.7 Å². The van der Waals surface area contributed by atoms with Gasteiger partial charge < -0.3 is 33.8 Å². The number of esters is 4. The molecule has 0 fully saturated rings. The molecule has 0 radical (unpaired) electrons. The summed E-state index contributed by atoms with van der Waals surface area (Å²) >= 11 is 0. The Bertz CT molecular complexity index is 1860. The van der Waals surface area contributed by atoms with Gasteiger partial charge in [-0.3, -0.25) is 37.3 Å². The molecule has 0 saturated carbocycles. The molecule has 0 aliphatic carbocycles. The quantitative estimate of drug-likeness (QED) is 0.0222. The number of phosphoric acid groups is 2. The van der Waals surface area contributed by atoms with Crippen LogP contribution in [-0.2, 0) is 65.4 Å². The first-order chi connectivity index (χ1) is 46.4. The van der Waals surface area contributed by atoms with Crippen LogP contribution in [-0.4, -0.2) is 96.7 Å². The molecule has 0 aliphatic rings. The van der Waals surface area contributed by atoms with E-state index in [-0.39, 0.29) is 25.7 Å². The molecule has 96 heavy (non-hydrogen) atoms. The molecule has 4 unspecified atom stereocenters. The van der Waals surface area contributed by atoms with Gasteiger partial charge in [-0.2, -0.15) is 0 Å². The third-order valence-corrected chi connectivity index (χ3v) is 20.6. The highest BCUT2D eigenvalue weighted by atomic mass is 31.2. The van der Waals surface area contributed by atoms with E-state index in [9.17, 15) is 43.2 Å². The fourth-order valence-corrected chi connectivity index (χ4v) is 13.3. The van der Waals surface area contributed by atoms with Gasteiger partial charge in [0.2, 0.25) is 0 Å². The zero-order valence-corrected chi connectivity index (χ0v) is 64.5. The summed E-state index contributed by atoms with van der Waals surface area (Å²) in [5.74, 6) is -0.418. The van der Waals surface area contributed by atoms with Crippen LogP contribution in [0.15, 0.2) is 0 Å². The first kappa shape index (κ1) is 94.1. The standard InChI is InChI=1S/C77H150O17P2/c1-7-11-13-15-17-19-28-37-43-49-55-61-76(81)93-72(65-87-74(79)59-53-47-41-33-18-16-14-12-8-2)67-91-95(83,84)89-63-71(78)64-90-96(85,86)92-68-73(94-77(82)62-56-50-44-38-32-27-23-21-25-30-35-40-46-52-58-70(6)10-4)66-88-75(80)60-54-48-42-36-31-26-22-20-24-29-34-39-45-51-57-69(5)9-3/h69-73,78H,7-68H2,1-6H3,(H,83,84)(H,85,86)/t69?,70?,71-,72+,73+/m0/s1. The summed E-state index contributed by atoms with van der Waals surface area (Å²) in [6.07, 6.45) is 56.7. The van der Waals surface area contributed by atoms with Crippen LogP contribution in [0, 0.1) is 11.8 Å². The van der Waals surface area contributed by atoms with Gasteiger partial charge in [0, 0.05) is 25.7 Å². The molecule has 0 amide bonds. The van der Waals surface area contributed by atoms with Crippen LogP contribution in [0.5, 0.6) is 0 Å². The van der Waals surface area contributed by atoms with E-state index < -0.39 is 97.5 Å². The molecule has 7 atom stereocenters. The summed E-state index contributed by atoms with van der Waals surface area (Å²) in [4.78, 5) is 72.8. The van der Waals surface area contributed by atoms with Gasteiger partial charge >= 0.3 is 39.5 Å². The SMILES string of the molecule is CCCCCCCCCCCCCC(=O)O[C@H](COC(=O)CCCCCCCCCCC)COP(=O)(O)OC[C@H](O)COP(=O)(O)OC[C@@H](COC(=O)CCCCCCCCCCCCCCCCC(C)CC)OC(=O)CCCCCCCCCCCCCCCCC(C)CC. The first-order valence-electron chi connectivity index (χ1n) is 40.1. The van der Waals surface area contributed by atoms with Crippen molar-refractivity contribution in [1.29, 1.82) is 0 Å². The van der Waals surface area contributed by atoms with Crippen molar-refractivity contribution in [3.05, 3.63) is 0 Å². The second-order valence-corrected chi connectivity index (χ2v) is 31.1. The number of unbranched alkanes of at least 4 members (excludes halogenated alkanes) is 44. The van der Waals surface area contributed by atoms with Gasteiger partial charge in [-0.25, -0.2) is 9.13 Å². The molecular weight excluding hydrogens is 1260 g/mol. The molecule has 0 bridgehead atoms. The van der Waals surface area contributed by atoms with Crippen molar-refractivity contribution in [3.63, 3.8) is 0 Å². The molecule has 3 N–H and O–H groups in total. The molecule has 17 nitrogen and oxygen atoms in total. The van der Waals surface area contributed by atoms with E-state index >= 15 is 0 Å². The fraction of sp³-hybridized carbons (Fsp3) is 0.948. The highest BCUT2D eigenvalue weighted by Crippen LogP contribution is 2.45. The maximum atomic E-state index is 13.1. The third kappa shape index (κ3) is 67.9. The number of phosphoric ester groups is 2. The van der Waals surface area contributed by atoms with Crippen LogP contribution in [0.25, 0.3) is 0 Å². The zero-order valence-electron chi connectivity index (χ0n) is 62.7. The second-order valence-electron chi connectivity index (χ2n) is 28.2. The van der Waals surface area contributed by atoms with Crippen LogP contribution >= 0.6 is 15.6 Å². The summed E-state index contributed by atoms with van der Waals surface area (Å²) in [5.41, 5.74) is 0. The van der Waals surface area contributed by atoms with Crippen molar-refractivity contribution < 1.29 is 80.2 Å². The predicted octanol–water partition coefficient (Wildman–Crippen LogP) is 22.7. The Hall–Kier alpha value is -1.94. The monoisotopic (exact) mass is 1410 g/mol. The maximum absolute atomic E-state index is 13.1. The van der Waals surface area contributed by atoms with Gasteiger partial charge in [-0.05, 0) is 37.5 Å². The number of carbonyl (C=O) groups is 4. The maximum Gasteiger partial charge on any atom is 0.472 e. The van der Waals surface area contributed by atoms with Crippen LogP contribution in [0.2, 0.25) is 0 Å². The van der Waals surface area contributed by atoms with Gasteiger partial charge in [0.05, 0.1) is 26.4 Å². The lowest BCUT2D eigenvalue weighted by molar-refractivity contribution is -0.161. The average molecular weight is 1410 g/mol. The number of hydrogen-bond acceptors (Lipinski definition) is 15. The van der Waals surface area contributed by atoms with Crippen molar-refractivity contribution in [2.45, 2.75) is 419 Å². The Morgan fingerprint density at radius 3 is 0.740 bits per heavy atom. The van der Waals surface area contributed by atoms with Crippen molar-refractivity contribution in [2.24, 2.45) is 11.8 Å². The number of carbonyl (C=O) groups excluding carboxylic acids is 4. The van der Waals surface area contributed by atoms with E-state index in [1.807, 2.05) is 0 Å². The first-order valence-corrected chi connectivity index (χ1v) is 43.1. The van der Waals surface area contributed by atoms with Gasteiger partial charge in [0.15, 0.2) is 12.2 Å². The lowest BCUT2D eigenvalue weighted by Crippen LogP contribution is -2.30. The normalized spacial score (nSPS) is 14.6. The molecule has 0 aromatic heterocycles. The Morgan fingerprint density at radius 2 is 0.500 bits per heavy atom. The molecule has 0 aromatic rings. The molecule has 0 aromatic carbocycles. The van der Waals surface area contributed by atoms with Crippen molar-refractivity contribution in [1.82, 2.24) is 0 Å². The highest BCUT2D eigenvalue weighted by molar-refractivity contribution is 7.47. The number of rotatable bonds is 76. The van der Waals surface area contributed by atoms with Gasteiger partial charge in [0.25, 0.3) is 0 Å². The number of ether oxygens (including phenoxy) is 4. The molecule has 0 aliphatic heterocycles. The van der Waals surface area contributed by atoms with E-state index in [0.717, 1.165) is 102 Å². The molecule has 0 spiro atoms. The van der Waals surface area contributed by atoms with Gasteiger partial charge in [0.1, 0.15) is 19.3 Å². The van der Waals surface area contributed by atoms with Crippen LogP contribution in [0.4, 0.5) is 0 Å². The Labute approximate surface area is 588 Å². The molecule has 19 heteroatoms. The van der Waals surface area contributed by atoms with Crippen molar-refractivity contribution in [2.75, 3.05) is 39.6 Å². The van der Waals surface area contributed by atoms with E-state index in [2.05, 4.69) is 41.5 Å². The minimum atomic E-state index is -4.96. The van der Waals surface area contributed by atoms with Crippen LogP contribution in [0.3, 0.4) is 0 Å². The highest BCUT2D eigenvalue weighted by Gasteiger charge is 2.30. The third-order valence-electron chi connectivity index (χ3n) is 18.7. The minimum absolute atomic E-state index is 0.107. The number of aliphatic hydroxyl groups excluding tert-OH is 1. The smallest absolute Gasteiger partial charge is 0.462 e. The summed E-state index contributed by atoms with van der Waals surface area (Å²) < 4.78 is 68.5. The Kier molecular flexibility index (Phi) is 67.4. The van der Waals surface area contributed by atoms with E-state index in [1.165, 1.54) is 218 Å². The van der Waals surface area contributed by atoms with Gasteiger partial charge in [-0.1, -0.05) is 350 Å². The number of hydrogen-bond donors (Lipinski definition) is 3. The summed E-state index contributed by atoms with van der Waals surface area (Å²) in [6.45, 7) is 9.69. The zero-order chi connectivity index (χ0) is 70.7. The molecule has 0 saturated heterocycles. The second kappa shape index (κ2) is 68.8. The molecule has 570 valence electrons. The lowest BCUT2D eigenvalue weighted by Gasteiger charge is -2.21. The largest absolute Gasteiger partial charge is 0.472 e. The Morgan fingerprint density at radius 1 is 0.292 bits per heavy atom. The molecular formula is C77H150O17P2. The lowest BCUT2D eigenvalue weighted by atomic mass is 9.99. The number of aliphatic hydroxyl groups is 1. The van der Waals surface area contributed by atoms with Crippen molar-refractivity contribution in [3.8, 4) is 0 Å².